The number of para-hydroxylation sites is 2. The van der Waals surface area contributed by atoms with Crippen molar-refractivity contribution < 1.29 is 14.3 Å². The van der Waals surface area contributed by atoms with Crippen molar-refractivity contribution in [2.24, 2.45) is 0 Å². The van der Waals surface area contributed by atoms with E-state index in [4.69, 9.17) is 17.0 Å². The molecular weight excluding hydrogens is 496 g/mol. The molecule has 0 radical (unpaired) electrons. The first kappa shape index (κ1) is 25.2. The Morgan fingerprint density at radius 3 is 2.16 bits per heavy atom. The van der Waals surface area contributed by atoms with E-state index >= 15 is 0 Å². The minimum Gasteiger partial charge on any atom is -0.496 e. The standard InChI is InChI=1S/C30H28N4O3S/c1-37-27-20-23-12-6-5-11-22(23)19-24(27)28(35)32-30(38)31-25-13-7-8-14-26(25)33-15-17-34(18-16-33)29(36)21-9-3-2-4-10-21/h2-14,19-20H,15-18H2,1H3,(H2,31,32,35,38). The number of nitrogens with zero attached hydrogens (tertiary/aromatic N) is 2. The van der Waals surface area contributed by atoms with Crippen LogP contribution in [0.1, 0.15) is 20.7 Å². The van der Waals surface area contributed by atoms with Gasteiger partial charge in [-0.05, 0) is 59.4 Å². The fourth-order valence-electron chi connectivity index (χ4n) is 4.66. The number of thiocarbonyl (C=S) groups is 1. The molecule has 8 heteroatoms. The number of piperazine rings is 1. The molecule has 1 aliphatic heterocycles. The van der Waals surface area contributed by atoms with Gasteiger partial charge in [0.25, 0.3) is 11.8 Å². The van der Waals surface area contributed by atoms with Gasteiger partial charge in [-0.2, -0.15) is 0 Å². The maximum absolute atomic E-state index is 13.1. The number of carbonyl (C=O) groups excluding carboxylic acids is 2. The zero-order chi connectivity index (χ0) is 26.5. The maximum Gasteiger partial charge on any atom is 0.261 e. The third kappa shape index (κ3) is 5.45. The predicted octanol–water partition coefficient (Wildman–Crippen LogP) is 4.94. The monoisotopic (exact) mass is 524 g/mol. The van der Waals surface area contributed by atoms with Crippen molar-refractivity contribution in [2.75, 3.05) is 43.5 Å². The van der Waals surface area contributed by atoms with Crippen LogP contribution in [0.3, 0.4) is 0 Å². The molecule has 0 unspecified atom stereocenters. The molecule has 0 aromatic heterocycles. The molecule has 192 valence electrons. The van der Waals surface area contributed by atoms with E-state index in [9.17, 15) is 9.59 Å². The van der Waals surface area contributed by atoms with Gasteiger partial charge in [0.1, 0.15) is 5.75 Å². The molecule has 4 aromatic rings. The summed E-state index contributed by atoms with van der Waals surface area (Å²) in [5.41, 5.74) is 2.85. The van der Waals surface area contributed by atoms with E-state index in [1.807, 2.05) is 89.8 Å². The first-order valence-electron chi connectivity index (χ1n) is 12.4. The Labute approximate surface area is 227 Å². The van der Waals surface area contributed by atoms with Crippen molar-refractivity contribution in [3.05, 3.63) is 102 Å². The van der Waals surface area contributed by atoms with Crippen molar-refractivity contribution in [3.63, 3.8) is 0 Å². The van der Waals surface area contributed by atoms with Crippen LogP contribution in [0.15, 0.2) is 91.0 Å². The van der Waals surface area contributed by atoms with Gasteiger partial charge < -0.3 is 19.9 Å². The molecule has 1 aliphatic rings. The van der Waals surface area contributed by atoms with Crippen LogP contribution >= 0.6 is 12.2 Å². The molecule has 0 bridgehead atoms. The van der Waals surface area contributed by atoms with Gasteiger partial charge >= 0.3 is 0 Å². The van der Waals surface area contributed by atoms with Crippen molar-refractivity contribution in [2.45, 2.75) is 0 Å². The summed E-state index contributed by atoms with van der Waals surface area (Å²) in [6, 6.07) is 28.6. The highest BCUT2D eigenvalue weighted by molar-refractivity contribution is 7.80. The molecule has 0 spiro atoms. The number of hydrogen-bond donors (Lipinski definition) is 2. The number of nitrogens with one attached hydrogen (secondary N) is 2. The average Bonchev–Trinajstić information content (AvgIpc) is 2.96. The normalized spacial score (nSPS) is 13.2. The van der Waals surface area contributed by atoms with Crippen LogP contribution in [-0.4, -0.2) is 55.1 Å². The van der Waals surface area contributed by atoms with E-state index in [2.05, 4.69) is 15.5 Å². The summed E-state index contributed by atoms with van der Waals surface area (Å²) in [6.07, 6.45) is 0. The highest BCUT2D eigenvalue weighted by atomic mass is 32.1. The number of carbonyl (C=O) groups is 2. The summed E-state index contributed by atoms with van der Waals surface area (Å²) in [4.78, 5) is 30.0. The van der Waals surface area contributed by atoms with E-state index in [-0.39, 0.29) is 16.9 Å². The largest absolute Gasteiger partial charge is 0.496 e. The molecule has 4 aromatic carbocycles. The van der Waals surface area contributed by atoms with Gasteiger partial charge in [0.15, 0.2) is 5.11 Å². The lowest BCUT2D eigenvalue weighted by atomic mass is 10.1. The molecule has 0 aliphatic carbocycles. The number of hydrogen-bond acceptors (Lipinski definition) is 5. The lowest BCUT2D eigenvalue weighted by molar-refractivity contribution is 0.0746. The molecule has 1 heterocycles. The van der Waals surface area contributed by atoms with Gasteiger partial charge in [0.2, 0.25) is 0 Å². The van der Waals surface area contributed by atoms with E-state index < -0.39 is 0 Å². The van der Waals surface area contributed by atoms with Crippen LogP contribution in [0.2, 0.25) is 0 Å². The second-order valence-electron chi connectivity index (χ2n) is 8.97. The molecule has 0 atom stereocenters. The van der Waals surface area contributed by atoms with E-state index in [0.29, 0.717) is 43.1 Å². The lowest BCUT2D eigenvalue weighted by Crippen LogP contribution is -2.49. The van der Waals surface area contributed by atoms with E-state index in [1.165, 1.54) is 0 Å². The number of amides is 2. The minimum absolute atomic E-state index is 0.0460. The number of ether oxygens (including phenoxy) is 1. The first-order valence-corrected chi connectivity index (χ1v) is 12.8. The van der Waals surface area contributed by atoms with E-state index in [0.717, 1.165) is 22.1 Å². The molecule has 2 amide bonds. The molecule has 5 rings (SSSR count). The van der Waals surface area contributed by atoms with Crippen LogP contribution in [-0.2, 0) is 0 Å². The number of anilines is 2. The fraction of sp³-hybridized carbons (Fsp3) is 0.167. The highest BCUT2D eigenvalue weighted by Crippen LogP contribution is 2.28. The quantitative estimate of drug-likeness (QED) is 0.361. The van der Waals surface area contributed by atoms with Crippen LogP contribution in [0, 0.1) is 0 Å². The number of benzene rings is 4. The molecule has 7 nitrogen and oxygen atoms in total. The second-order valence-corrected chi connectivity index (χ2v) is 9.38. The van der Waals surface area contributed by atoms with Gasteiger partial charge in [-0.1, -0.05) is 54.6 Å². The number of fused-ring (bicyclic) bond motifs is 1. The van der Waals surface area contributed by atoms with Crippen molar-refractivity contribution in [3.8, 4) is 5.75 Å². The van der Waals surface area contributed by atoms with Gasteiger partial charge in [-0.15, -0.1) is 0 Å². The van der Waals surface area contributed by atoms with Crippen LogP contribution in [0.4, 0.5) is 11.4 Å². The Hall–Kier alpha value is -4.43. The van der Waals surface area contributed by atoms with Crippen molar-refractivity contribution in [1.82, 2.24) is 10.2 Å². The zero-order valence-corrected chi connectivity index (χ0v) is 21.8. The number of methoxy groups -OCH3 is 1. The molecule has 38 heavy (non-hydrogen) atoms. The Kier molecular flexibility index (Phi) is 7.51. The lowest BCUT2D eigenvalue weighted by Gasteiger charge is -2.37. The summed E-state index contributed by atoms with van der Waals surface area (Å²) in [7, 11) is 1.54. The second kappa shape index (κ2) is 11.3. The molecule has 0 saturated carbocycles. The molecule has 1 saturated heterocycles. The van der Waals surface area contributed by atoms with Crippen LogP contribution < -0.4 is 20.3 Å². The Morgan fingerprint density at radius 2 is 1.45 bits per heavy atom. The third-order valence-electron chi connectivity index (χ3n) is 6.62. The average molecular weight is 525 g/mol. The summed E-state index contributed by atoms with van der Waals surface area (Å²) < 4.78 is 5.47. The molecular formula is C30H28N4O3S. The Bertz CT molecular complexity index is 1480. The molecule has 2 N–H and O–H groups in total. The minimum atomic E-state index is -0.351. The SMILES string of the molecule is COc1cc2ccccc2cc1C(=O)NC(=S)Nc1ccccc1N1CCN(C(=O)c2ccccc2)CC1. The van der Waals surface area contributed by atoms with Crippen LogP contribution in [0.5, 0.6) is 5.75 Å². The Morgan fingerprint density at radius 1 is 0.816 bits per heavy atom. The number of rotatable bonds is 5. The Balaban J connectivity index is 1.25. The van der Waals surface area contributed by atoms with Gasteiger partial charge in [-0.25, -0.2) is 0 Å². The van der Waals surface area contributed by atoms with Crippen molar-refractivity contribution in [1.29, 1.82) is 0 Å². The van der Waals surface area contributed by atoms with Crippen molar-refractivity contribution >= 4 is 51.3 Å². The summed E-state index contributed by atoms with van der Waals surface area (Å²) >= 11 is 5.50. The first-order chi connectivity index (χ1) is 18.5. The van der Waals surface area contributed by atoms with Gasteiger partial charge in [-0.3, -0.25) is 14.9 Å². The third-order valence-corrected chi connectivity index (χ3v) is 6.82. The summed E-state index contributed by atoms with van der Waals surface area (Å²) in [6.45, 7) is 2.60. The van der Waals surface area contributed by atoms with Gasteiger partial charge in [0, 0.05) is 31.7 Å². The van der Waals surface area contributed by atoms with E-state index in [1.54, 1.807) is 13.2 Å². The summed E-state index contributed by atoms with van der Waals surface area (Å²) in [5.74, 6) is 0.174. The highest BCUT2D eigenvalue weighted by Gasteiger charge is 2.24. The van der Waals surface area contributed by atoms with Gasteiger partial charge in [0.05, 0.1) is 24.0 Å². The smallest absolute Gasteiger partial charge is 0.261 e. The fourth-order valence-corrected chi connectivity index (χ4v) is 4.86. The summed E-state index contributed by atoms with van der Waals surface area (Å²) in [5, 5.41) is 8.08. The zero-order valence-electron chi connectivity index (χ0n) is 21.0. The topological polar surface area (TPSA) is 73.9 Å². The van der Waals surface area contributed by atoms with Crippen LogP contribution in [0.25, 0.3) is 10.8 Å². The maximum atomic E-state index is 13.1. The predicted molar refractivity (Wildman–Crippen MR) is 155 cm³/mol. The molecule has 1 fully saturated rings.